The van der Waals surface area contributed by atoms with E-state index in [4.69, 9.17) is 0 Å². The molecule has 2 amide bonds. The second-order valence-electron chi connectivity index (χ2n) is 3.45. The number of carbonyl (C=O) groups excluding carboxylic acids is 2. The number of carbonyl (C=O) groups is 2. The number of nitrogens with one attached hydrogen (secondary N) is 1. The van der Waals surface area contributed by atoms with Crippen LogP contribution in [0.5, 0.6) is 0 Å². The van der Waals surface area contributed by atoms with Crippen LogP contribution >= 0.6 is 23.1 Å². The first-order valence-corrected chi connectivity index (χ1v) is 6.49. The van der Waals surface area contributed by atoms with Crippen molar-refractivity contribution in [3.8, 4) is 0 Å². The third kappa shape index (κ3) is 1.44. The summed E-state index contributed by atoms with van der Waals surface area (Å²) in [6.45, 7) is 0. The van der Waals surface area contributed by atoms with Crippen LogP contribution in [0.25, 0.3) is 4.91 Å². The van der Waals surface area contributed by atoms with Gasteiger partial charge in [-0.3, -0.25) is 14.9 Å². The minimum atomic E-state index is -0.366. The van der Waals surface area contributed by atoms with Crippen molar-refractivity contribution in [3.63, 3.8) is 0 Å². The highest BCUT2D eigenvalue weighted by molar-refractivity contribution is 8.10. The molecule has 1 N–H and O–H groups in total. The number of imide groups is 1. The number of thiophene rings is 1. The Morgan fingerprint density at radius 3 is 2.88 bits per heavy atom. The maximum atomic E-state index is 11.5. The Bertz CT molecular complexity index is 528. The van der Waals surface area contributed by atoms with Crippen molar-refractivity contribution in [2.45, 2.75) is 5.25 Å². The Morgan fingerprint density at radius 1 is 1.25 bits per heavy atom. The Hall–Kier alpha value is -1.33. The summed E-state index contributed by atoms with van der Waals surface area (Å²) in [6, 6.07) is 3.98. The van der Waals surface area contributed by atoms with Crippen LogP contribution in [0, 0.1) is 0 Å². The highest BCUT2D eigenvalue weighted by atomic mass is 32.2. The molecule has 1 fully saturated rings. The lowest BCUT2D eigenvalue weighted by Gasteiger charge is -2.13. The predicted octanol–water partition coefficient (Wildman–Crippen LogP) is 1.79. The molecular weight excluding hydrogens is 242 g/mol. The SMILES string of the molecule is O=C1NC(=O)C2SC(c3cccs3)=CC=C12. The van der Waals surface area contributed by atoms with E-state index in [-0.39, 0.29) is 17.1 Å². The fourth-order valence-electron chi connectivity index (χ4n) is 1.68. The largest absolute Gasteiger partial charge is 0.291 e. The lowest BCUT2D eigenvalue weighted by Crippen LogP contribution is -2.23. The lowest BCUT2D eigenvalue weighted by atomic mass is 10.2. The van der Waals surface area contributed by atoms with Crippen LogP contribution in [0.3, 0.4) is 0 Å². The molecule has 16 heavy (non-hydrogen) atoms. The Kier molecular flexibility index (Phi) is 2.22. The van der Waals surface area contributed by atoms with E-state index < -0.39 is 0 Å². The molecule has 2 aliphatic rings. The van der Waals surface area contributed by atoms with Crippen LogP contribution in [-0.4, -0.2) is 17.1 Å². The van der Waals surface area contributed by atoms with Crippen molar-refractivity contribution in [3.05, 3.63) is 40.1 Å². The molecule has 0 aliphatic carbocycles. The van der Waals surface area contributed by atoms with E-state index in [0.717, 1.165) is 9.78 Å². The van der Waals surface area contributed by atoms with E-state index in [9.17, 15) is 9.59 Å². The highest BCUT2D eigenvalue weighted by Gasteiger charge is 2.38. The molecule has 80 valence electrons. The number of fused-ring (bicyclic) bond motifs is 1. The van der Waals surface area contributed by atoms with Crippen molar-refractivity contribution < 1.29 is 9.59 Å². The van der Waals surface area contributed by atoms with Gasteiger partial charge in [-0.1, -0.05) is 12.1 Å². The first-order chi connectivity index (χ1) is 7.75. The number of thioether (sulfide) groups is 1. The summed E-state index contributed by atoms with van der Waals surface area (Å²) < 4.78 is 0. The van der Waals surface area contributed by atoms with Gasteiger partial charge in [0.2, 0.25) is 5.91 Å². The summed E-state index contributed by atoms with van der Waals surface area (Å²) in [6.07, 6.45) is 3.65. The van der Waals surface area contributed by atoms with Gasteiger partial charge in [0, 0.05) is 15.4 Å². The van der Waals surface area contributed by atoms with E-state index in [0.29, 0.717) is 5.57 Å². The van der Waals surface area contributed by atoms with E-state index in [1.54, 1.807) is 17.4 Å². The third-order valence-corrected chi connectivity index (χ3v) is 4.79. The number of rotatable bonds is 1. The van der Waals surface area contributed by atoms with E-state index >= 15 is 0 Å². The van der Waals surface area contributed by atoms with E-state index in [1.165, 1.54) is 11.8 Å². The van der Waals surface area contributed by atoms with Gasteiger partial charge < -0.3 is 0 Å². The highest BCUT2D eigenvalue weighted by Crippen LogP contribution is 2.41. The maximum absolute atomic E-state index is 11.5. The van der Waals surface area contributed by atoms with Crippen molar-refractivity contribution in [1.82, 2.24) is 5.32 Å². The summed E-state index contributed by atoms with van der Waals surface area (Å²) in [4.78, 5) is 25.1. The number of allylic oxidation sites excluding steroid dienone is 2. The van der Waals surface area contributed by atoms with Gasteiger partial charge in [-0.2, -0.15) is 0 Å². The second kappa shape index (κ2) is 3.61. The molecule has 3 heterocycles. The molecule has 0 saturated carbocycles. The Balaban J connectivity index is 1.99. The fraction of sp³-hybridized carbons (Fsp3) is 0.0909. The van der Waals surface area contributed by atoms with Crippen LogP contribution < -0.4 is 5.32 Å². The summed E-state index contributed by atoms with van der Waals surface area (Å²) in [5.41, 5.74) is 0.565. The number of hydrogen-bond donors (Lipinski definition) is 1. The van der Waals surface area contributed by atoms with Gasteiger partial charge in [-0.15, -0.1) is 23.1 Å². The summed E-state index contributed by atoms with van der Waals surface area (Å²) >= 11 is 3.07. The van der Waals surface area contributed by atoms with Crippen molar-refractivity contribution in [2.75, 3.05) is 0 Å². The van der Waals surface area contributed by atoms with Gasteiger partial charge in [0.15, 0.2) is 0 Å². The van der Waals surface area contributed by atoms with Crippen molar-refractivity contribution in [2.24, 2.45) is 0 Å². The van der Waals surface area contributed by atoms with Gasteiger partial charge in [0.1, 0.15) is 5.25 Å². The molecule has 1 atom stereocenters. The first kappa shape index (κ1) is 9.86. The molecule has 0 aromatic carbocycles. The predicted molar refractivity (Wildman–Crippen MR) is 64.9 cm³/mol. The van der Waals surface area contributed by atoms with E-state index in [1.807, 2.05) is 23.6 Å². The van der Waals surface area contributed by atoms with Crippen LogP contribution in [0.1, 0.15) is 4.88 Å². The molecule has 1 unspecified atom stereocenters. The molecule has 0 radical (unpaired) electrons. The minimum absolute atomic E-state index is 0.205. The third-order valence-electron chi connectivity index (χ3n) is 2.44. The Morgan fingerprint density at radius 2 is 2.12 bits per heavy atom. The Labute approximate surface area is 100 Å². The summed E-state index contributed by atoms with van der Waals surface area (Å²) in [7, 11) is 0. The van der Waals surface area contributed by atoms with Crippen LogP contribution in [-0.2, 0) is 9.59 Å². The van der Waals surface area contributed by atoms with Crippen molar-refractivity contribution >= 4 is 39.8 Å². The van der Waals surface area contributed by atoms with Crippen LogP contribution in [0.15, 0.2) is 35.2 Å². The molecule has 2 aliphatic heterocycles. The normalized spacial score (nSPS) is 23.6. The molecule has 1 saturated heterocycles. The van der Waals surface area contributed by atoms with E-state index in [2.05, 4.69) is 5.32 Å². The minimum Gasteiger partial charge on any atom is -0.291 e. The maximum Gasteiger partial charge on any atom is 0.255 e. The van der Waals surface area contributed by atoms with Gasteiger partial charge in [-0.25, -0.2) is 0 Å². The average molecular weight is 249 g/mol. The second-order valence-corrected chi connectivity index (χ2v) is 5.54. The van der Waals surface area contributed by atoms with Gasteiger partial charge >= 0.3 is 0 Å². The smallest absolute Gasteiger partial charge is 0.255 e. The standard InChI is InChI=1S/C11H7NO2S2/c13-10-6-3-4-8(7-2-1-5-15-7)16-9(6)11(14)12-10/h1-5,9H,(H,12,13,14). The molecule has 0 bridgehead atoms. The average Bonchev–Trinajstić information content (AvgIpc) is 2.88. The monoisotopic (exact) mass is 249 g/mol. The molecule has 5 heteroatoms. The summed E-state index contributed by atoms with van der Waals surface area (Å²) in [5.74, 6) is -0.465. The van der Waals surface area contributed by atoms with Gasteiger partial charge in [0.25, 0.3) is 5.91 Å². The molecule has 1 aromatic rings. The molecular formula is C11H7NO2S2. The van der Waals surface area contributed by atoms with Crippen LogP contribution in [0.2, 0.25) is 0 Å². The van der Waals surface area contributed by atoms with Crippen molar-refractivity contribution in [1.29, 1.82) is 0 Å². The summed E-state index contributed by atoms with van der Waals surface area (Å²) in [5, 5.41) is 3.96. The zero-order chi connectivity index (χ0) is 11.1. The molecule has 1 aromatic heterocycles. The van der Waals surface area contributed by atoms with Gasteiger partial charge in [-0.05, 0) is 17.5 Å². The quantitative estimate of drug-likeness (QED) is 0.772. The first-order valence-electron chi connectivity index (χ1n) is 4.73. The zero-order valence-electron chi connectivity index (χ0n) is 8.10. The molecule has 3 nitrogen and oxygen atoms in total. The fourth-order valence-corrected chi connectivity index (χ4v) is 3.68. The number of amides is 2. The lowest BCUT2D eigenvalue weighted by molar-refractivity contribution is -0.124. The van der Waals surface area contributed by atoms with Gasteiger partial charge in [0.05, 0.1) is 0 Å². The molecule has 3 rings (SSSR count). The number of hydrogen-bond acceptors (Lipinski definition) is 4. The van der Waals surface area contributed by atoms with Crippen LogP contribution in [0.4, 0.5) is 0 Å². The molecule has 0 spiro atoms. The zero-order valence-corrected chi connectivity index (χ0v) is 9.73. The topological polar surface area (TPSA) is 46.2 Å².